The summed E-state index contributed by atoms with van der Waals surface area (Å²) in [4.78, 5) is 13.5. The highest BCUT2D eigenvalue weighted by Crippen LogP contribution is 2.01. The van der Waals surface area contributed by atoms with Gasteiger partial charge in [0.25, 0.3) is 0 Å². The second-order valence-corrected chi connectivity index (χ2v) is 3.53. The molecule has 0 N–H and O–H groups in total. The highest BCUT2D eigenvalue weighted by atomic mass is 16.2. The van der Waals surface area contributed by atoms with Crippen molar-refractivity contribution >= 4 is 5.91 Å². The van der Waals surface area contributed by atoms with Crippen LogP contribution in [0.15, 0.2) is 23.8 Å². The molecule has 0 aliphatic rings. The van der Waals surface area contributed by atoms with Crippen LogP contribution in [0.5, 0.6) is 0 Å². The Hall–Kier alpha value is -1.05. The van der Waals surface area contributed by atoms with E-state index in [1.54, 1.807) is 0 Å². The lowest BCUT2D eigenvalue weighted by Crippen LogP contribution is -2.29. The van der Waals surface area contributed by atoms with Crippen molar-refractivity contribution in [1.82, 2.24) is 4.90 Å². The molecule has 0 saturated carbocycles. The van der Waals surface area contributed by atoms with Crippen LogP contribution in [0, 0.1) is 0 Å². The molecule has 0 aliphatic carbocycles. The average molecular weight is 209 g/mol. The van der Waals surface area contributed by atoms with Crippen molar-refractivity contribution in [2.75, 3.05) is 13.1 Å². The minimum Gasteiger partial charge on any atom is -0.343 e. The van der Waals surface area contributed by atoms with E-state index in [9.17, 15) is 4.79 Å². The summed E-state index contributed by atoms with van der Waals surface area (Å²) < 4.78 is 0. The third kappa shape index (κ3) is 6.10. The minimum absolute atomic E-state index is 0.212. The highest BCUT2D eigenvalue weighted by Gasteiger charge is 2.06. The van der Waals surface area contributed by atoms with Gasteiger partial charge in [-0.2, -0.15) is 0 Å². The van der Waals surface area contributed by atoms with E-state index in [4.69, 9.17) is 0 Å². The number of carbonyl (C=O) groups is 1. The molecule has 0 bridgehead atoms. The van der Waals surface area contributed by atoms with E-state index in [-0.39, 0.29) is 5.91 Å². The Kier molecular flexibility index (Phi) is 7.69. The molecule has 2 nitrogen and oxygen atoms in total. The first-order valence-electron chi connectivity index (χ1n) is 5.76. The van der Waals surface area contributed by atoms with Crippen molar-refractivity contribution in [3.63, 3.8) is 0 Å². The van der Waals surface area contributed by atoms with Crippen LogP contribution in [0.4, 0.5) is 0 Å². The number of hydrogen-bond acceptors (Lipinski definition) is 1. The number of hydrogen-bond donors (Lipinski definition) is 0. The van der Waals surface area contributed by atoms with Gasteiger partial charge < -0.3 is 4.90 Å². The Labute approximate surface area is 93.7 Å². The van der Waals surface area contributed by atoms with Crippen molar-refractivity contribution in [1.29, 1.82) is 0 Å². The summed E-state index contributed by atoms with van der Waals surface area (Å²) >= 11 is 0. The molecule has 0 rings (SSSR count). The molecule has 1 amide bonds. The van der Waals surface area contributed by atoms with Crippen LogP contribution in [0.2, 0.25) is 0 Å². The van der Waals surface area contributed by atoms with E-state index < -0.39 is 0 Å². The molecular weight excluding hydrogens is 186 g/mol. The molecule has 2 heteroatoms. The molecule has 0 radical (unpaired) electrons. The molecule has 0 aliphatic heterocycles. The number of amides is 1. The third-order valence-electron chi connectivity index (χ3n) is 2.33. The summed E-state index contributed by atoms with van der Waals surface area (Å²) in [6.07, 6.45) is 7.72. The molecule has 0 unspecified atom stereocenters. The van der Waals surface area contributed by atoms with E-state index in [1.165, 1.54) is 0 Å². The summed E-state index contributed by atoms with van der Waals surface area (Å²) in [6, 6.07) is 0. The quantitative estimate of drug-likeness (QED) is 0.615. The van der Waals surface area contributed by atoms with Crippen molar-refractivity contribution in [2.24, 2.45) is 0 Å². The van der Waals surface area contributed by atoms with Gasteiger partial charge in [-0.1, -0.05) is 30.7 Å². The fourth-order valence-corrected chi connectivity index (χ4v) is 1.33. The molecular formula is C13H23NO. The lowest BCUT2D eigenvalue weighted by Gasteiger charge is -2.17. The lowest BCUT2D eigenvalue weighted by molar-refractivity contribution is -0.129. The number of carbonyl (C=O) groups excluding carboxylic acids is 1. The largest absolute Gasteiger partial charge is 0.343 e. The van der Waals surface area contributed by atoms with Crippen LogP contribution >= 0.6 is 0 Å². The molecule has 0 aromatic heterocycles. The summed E-state index contributed by atoms with van der Waals surface area (Å²) in [6.45, 7) is 9.75. The van der Waals surface area contributed by atoms with Gasteiger partial charge in [0, 0.05) is 19.5 Å². The summed E-state index contributed by atoms with van der Waals surface area (Å²) in [5.74, 6) is 0.212. The number of nitrogens with zero attached hydrogens (tertiary/aromatic N) is 1. The second kappa shape index (κ2) is 8.27. The second-order valence-electron chi connectivity index (χ2n) is 3.53. The maximum absolute atomic E-state index is 11.6. The molecule has 0 spiro atoms. The van der Waals surface area contributed by atoms with Gasteiger partial charge in [-0.05, 0) is 27.2 Å². The molecule has 15 heavy (non-hydrogen) atoms. The highest BCUT2D eigenvalue weighted by molar-refractivity contribution is 5.77. The van der Waals surface area contributed by atoms with Crippen LogP contribution in [-0.2, 0) is 4.79 Å². The van der Waals surface area contributed by atoms with E-state index in [2.05, 4.69) is 19.1 Å². The molecule has 0 saturated heterocycles. The van der Waals surface area contributed by atoms with Crippen LogP contribution < -0.4 is 0 Å². The van der Waals surface area contributed by atoms with E-state index >= 15 is 0 Å². The van der Waals surface area contributed by atoms with Crippen molar-refractivity contribution in [3.8, 4) is 0 Å². The van der Waals surface area contributed by atoms with Gasteiger partial charge in [-0.3, -0.25) is 4.79 Å². The molecule has 0 atom stereocenters. The number of allylic oxidation sites excluding steroid dienone is 3. The molecule has 86 valence electrons. The Balaban J connectivity index is 4.13. The molecule has 0 heterocycles. The smallest absolute Gasteiger partial charge is 0.226 e. The Morgan fingerprint density at radius 2 is 1.80 bits per heavy atom. The van der Waals surface area contributed by atoms with Gasteiger partial charge >= 0.3 is 0 Å². The predicted molar refractivity (Wildman–Crippen MR) is 65.7 cm³/mol. The van der Waals surface area contributed by atoms with Crippen molar-refractivity contribution in [3.05, 3.63) is 23.8 Å². The zero-order chi connectivity index (χ0) is 11.7. The lowest BCUT2D eigenvalue weighted by atomic mass is 10.2. The van der Waals surface area contributed by atoms with Crippen molar-refractivity contribution < 1.29 is 4.79 Å². The Morgan fingerprint density at radius 3 is 2.27 bits per heavy atom. The first-order valence-corrected chi connectivity index (χ1v) is 5.76. The minimum atomic E-state index is 0.212. The zero-order valence-corrected chi connectivity index (χ0v) is 10.4. The molecule has 0 aromatic carbocycles. The molecule has 0 aromatic rings. The van der Waals surface area contributed by atoms with E-state index in [1.807, 2.05) is 31.7 Å². The van der Waals surface area contributed by atoms with Gasteiger partial charge in [0.2, 0.25) is 5.91 Å². The molecule has 0 fully saturated rings. The Bertz CT molecular complexity index is 237. The van der Waals surface area contributed by atoms with Gasteiger partial charge in [0.05, 0.1) is 0 Å². The van der Waals surface area contributed by atoms with Crippen LogP contribution in [0.25, 0.3) is 0 Å². The monoisotopic (exact) mass is 209 g/mol. The van der Waals surface area contributed by atoms with E-state index in [0.29, 0.717) is 6.42 Å². The SMILES string of the molecule is CC/C=C\C(C)=C/CC(=O)N(CC)CC. The zero-order valence-electron chi connectivity index (χ0n) is 10.4. The summed E-state index contributed by atoms with van der Waals surface area (Å²) in [7, 11) is 0. The number of rotatable bonds is 6. The summed E-state index contributed by atoms with van der Waals surface area (Å²) in [5.41, 5.74) is 1.16. The van der Waals surface area contributed by atoms with Gasteiger partial charge in [-0.25, -0.2) is 0 Å². The topological polar surface area (TPSA) is 20.3 Å². The van der Waals surface area contributed by atoms with Crippen LogP contribution in [-0.4, -0.2) is 23.9 Å². The van der Waals surface area contributed by atoms with Crippen LogP contribution in [0.1, 0.15) is 40.5 Å². The van der Waals surface area contributed by atoms with Gasteiger partial charge in [0.15, 0.2) is 0 Å². The maximum Gasteiger partial charge on any atom is 0.226 e. The Morgan fingerprint density at radius 1 is 1.20 bits per heavy atom. The average Bonchev–Trinajstić information content (AvgIpc) is 2.25. The van der Waals surface area contributed by atoms with Gasteiger partial charge in [-0.15, -0.1) is 0 Å². The standard InChI is InChI=1S/C13H23NO/c1-5-8-9-12(4)10-11-13(15)14(6-2)7-3/h8-10H,5-7,11H2,1-4H3/b9-8-,12-10-. The summed E-state index contributed by atoms with van der Waals surface area (Å²) in [5, 5.41) is 0. The predicted octanol–water partition coefficient (Wildman–Crippen LogP) is 3.16. The normalized spacial score (nSPS) is 12.1. The van der Waals surface area contributed by atoms with Crippen molar-refractivity contribution in [2.45, 2.75) is 40.5 Å². The van der Waals surface area contributed by atoms with Crippen LogP contribution in [0.3, 0.4) is 0 Å². The fraction of sp³-hybridized carbons (Fsp3) is 0.615. The van der Waals surface area contributed by atoms with E-state index in [0.717, 1.165) is 25.1 Å². The maximum atomic E-state index is 11.6. The fourth-order valence-electron chi connectivity index (χ4n) is 1.33. The van der Waals surface area contributed by atoms with Gasteiger partial charge in [0.1, 0.15) is 0 Å². The first kappa shape index (κ1) is 13.9. The first-order chi connectivity index (χ1) is 7.15. The third-order valence-corrected chi connectivity index (χ3v) is 2.33.